The predicted molar refractivity (Wildman–Crippen MR) is 125 cm³/mol. The largest absolute Gasteiger partial charge is 0.460 e. The Bertz CT molecular complexity index is 1240. The zero-order valence-corrected chi connectivity index (χ0v) is 19.0. The first kappa shape index (κ1) is 21.7. The highest BCUT2D eigenvalue weighted by atomic mass is 79.9. The van der Waals surface area contributed by atoms with Gasteiger partial charge in [0.2, 0.25) is 0 Å². The predicted octanol–water partition coefficient (Wildman–Crippen LogP) is 5.88. The molecule has 0 radical (unpaired) electrons. The van der Waals surface area contributed by atoms with Crippen molar-refractivity contribution < 1.29 is 13.9 Å². The summed E-state index contributed by atoms with van der Waals surface area (Å²) in [4.78, 5) is 16.9. The Hall–Kier alpha value is -3.52. The van der Waals surface area contributed by atoms with Gasteiger partial charge in [0.1, 0.15) is 5.82 Å². The number of nitrogens with zero attached hydrogens (tertiary/aromatic N) is 3. The fourth-order valence-corrected chi connectivity index (χ4v) is 3.30. The zero-order valence-electron chi connectivity index (χ0n) is 17.4. The van der Waals surface area contributed by atoms with Crippen LogP contribution in [0.5, 0.6) is 6.01 Å². The number of benzene rings is 3. The van der Waals surface area contributed by atoms with E-state index in [-0.39, 0.29) is 23.8 Å². The number of nitrogens with one attached hydrogen (secondary N) is 1. The van der Waals surface area contributed by atoms with Crippen LogP contribution in [0, 0.1) is 5.82 Å². The maximum atomic E-state index is 13.8. The average Bonchev–Trinajstić information content (AvgIpc) is 3.18. The molecule has 4 rings (SSSR count). The number of rotatable bonds is 6. The summed E-state index contributed by atoms with van der Waals surface area (Å²) in [5, 5.41) is 7.31. The summed E-state index contributed by atoms with van der Waals surface area (Å²) < 4.78 is 21.9. The van der Waals surface area contributed by atoms with Crippen LogP contribution in [0.4, 0.5) is 10.1 Å². The van der Waals surface area contributed by atoms with E-state index in [0.29, 0.717) is 28.3 Å². The van der Waals surface area contributed by atoms with Gasteiger partial charge in [0.15, 0.2) is 5.82 Å². The molecule has 0 saturated carbocycles. The first-order valence-corrected chi connectivity index (χ1v) is 10.8. The van der Waals surface area contributed by atoms with E-state index in [1.165, 1.54) is 12.1 Å². The minimum Gasteiger partial charge on any atom is -0.460 e. The molecule has 0 saturated heterocycles. The Morgan fingerprint density at radius 3 is 2.44 bits per heavy atom. The van der Waals surface area contributed by atoms with Crippen molar-refractivity contribution in [3.05, 3.63) is 88.6 Å². The van der Waals surface area contributed by atoms with Gasteiger partial charge < -0.3 is 10.1 Å². The van der Waals surface area contributed by atoms with Crippen LogP contribution < -0.4 is 10.1 Å². The van der Waals surface area contributed by atoms with Gasteiger partial charge in [-0.1, -0.05) is 28.1 Å². The summed E-state index contributed by atoms with van der Waals surface area (Å²) in [7, 11) is 0. The molecular weight excluding hydrogens is 475 g/mol. The van der Waals surface area contributed by atoms with Crippen LogP contribution in [0.2, 0.25) is 0 Å². The second-order valence-electron chi connectivity index (χ2n) is 7.31. The SMILES string of the molecule is CC(C)Oc1nc(-c2cccc(F)c2)n(-c2ccc(NC(=O)c3ccc(Br)cc3)cc2)n1. The second kappa shape index (κ2) is 9.32. The third-order valence-electron chi connectivity index (χ3n) is 4.49. The molecular formula is C24H20BrFN4O2. The van der Waals surface area contributed by atoms with Crippen LogP contribution in [-0.4, -0.2) is 26.8 Å². The van der Waals surface area contributed by atoms with E-state index in [1.54, 1.807) is 53.2 Å². The third kappa shape index (κ3) is 5.03. The third-order valence-corrected chi connectivity index (χ3v) is 5.02. The molecule has 162 valence electrons. The van der Waals surface area contributed by atoms with E-state index in [9.17, 15) is 9.18 Å². The molecule has 6 nitrogen and oxygen atoms in total. The lowest BCUT2D eigenvalue weighted by atomic mass is 10.2. The van der Waals surface area contributed by atoms with Crippen molar-refractivity contribution in [1.82, 2.24) is 14.8 Å². The molecule has 0 aliphatic rings. The second-order valence-corrected chi connectivity index (χ2v) is 8.23. The summed E-state index contributed by atoms with van der Waals surface area (Å²) >= 11 is 3.36. The number of anilines is 1. The lowest BCUT2D eigenvalue weighted by Crippen LogP contribution is -2.11. The van der Waals surface area contributed by atoms with Gasteiger partial charge in [-0.25, -0.2) is 9.07 Å². The van der Waals surface area contributed by atoms with Crippen molar-refractivity contribution in [2.24, 2.45) is 0 Å². The van der Waals surface area contributed by atoms with Gasteiger partial charge in [-0.15, -0.1) is 5.10 Å². The highest BCUT2D eigenvalue weighted by molar-refractivity contribution is 9.10. The quantitative estimate of drug-likeness (QED) is 0.363. The van der Waals surface area contributed by atoms with Gasteiger partial charge in [0, 0.05) is 21.3 Å². The van der Waals surface area contributed by atoms with Crippen molar-refractivity contribution in [2.45, 2.75) is 20.0 Å². The summed E-state index contributed by atoms with van der Waals surface area (Å²) in [5.74, 6) is -0.125. The minimum atomic E-state index is -0.366. The Balaban J connectivity index is 1.62. The molecule has 0 bridgehead atoms. The standard InChI is InChI=1S/C24H20BrFN4O2/c1-15(2)32-24-28-22(17-4-3-5-19(26)14-17)30(29-24)21-12-10-20(11-13-21)27-23(31)16-6-8-18(25)9-7-16/h3-15H,1-2H3,(H,27,31). The van der Waals surface area contributed by atoms with Gasteiger partial charge in [-0.3, -0.25) is 4.79 Å². The van der Waals surface area contributed by atoms with Crippen LogP contribution in [0.3, 0.4) is 0 Å². The number of hydrogen-bond donors (Lipinski definition) is 1. The molecule has 32 heavy (non-hydrogen) atoms. The van der Waals surface area contributed by atoms with E-state index < -0.39 is 0 Å². The van der Waals surface area contributed by atoms with Crippen LogP contribution in [0.15, 0.2) is 77.3 Å². The smallest absolute Gasteiger partial charge is 0.336 e. The van der Waals surface area contributed by atoms with Crippen LogP contribution >= 0.6 is 15.9 Å². The number of carbonyl (C=O) groups excluding carboxylic acids is 1. The Morgan fingerprint density at radius 2 is 1.78 bits per heavy atom. The minimum absolute atomic E-state index is 0.109. The van der Waals surface area contributed by atoms with E-state index in [4.69, 9.17) is 4.74 Å². The van der Waals surface area contributed by atoms with Crippen molar-refractivity contribution in [3.63, 3.8) is 0 Å². The molecule has 3 aromatic carbocycles. The molecule has 1 heterocycles. The van der Waals surface area contributed by atoms with Crippen LogP contribution in [0.1, 0.15) is 24.2 Å². The maximum absolute atomic E-state index is 13.8. The number of ether oxygens (including phenoxy) is 1. The number of aromatic nitrogens is 3. The fraction of sp³-hybridized carbons (Fsp3) is 0.125. The van der Waals surface area contributed by atoms with Crippen LogP contribution in [-0.2, 0) is 0 Å². The topological polar surface area (TPSA) is 69.0 Å². The number of amides is 1. The first-order valence-electron chi connectivity index (χ1n) is 9.96. The van der Waals surface area contributed by atoms with Gasteiger partial charge >= 0.3 is 6.01 Å². The van der Waals surface area contributed by atoms with Crippen molar-refractivity contribution in [3.8, 4) is 23.1 Å². The van der Waals surface area contributed by atoms with E-state index in [1.807, 2.05) is 26.0 Å². The first-order chi connectivity index (χ1) is 15.4. The monoisotopic (exact) mass is 494 g/mol. The normalized spacial score (nSPS) is 10.9. The van der Waals surface area contributed by atoms with Gasteiger partial charge in [-0.2, -0.15) is 4.98 Å². The summed E-state index contributed by atoms with van der Waals surface area (Å²) in [6.07, 6.45) is -0.109. The summed E-state index contributed by atoms with van der Waals surface area (Å²) in [5.41, 5.74) is 2.45. The maximum Gasteiger partial charge on any atom is 0.336 e. The number of hydrogen-bond acceptors (Lipinski definition) is 4. The summed E-state index contributed by atoms with van der Waals surface area (Å²) in [6, 6.07) is 20.6. The average molecular weight is 495 g/mol. The molecule has 1 aromatic heterocycles. The summed E-state index contributed by atoms with van der Waals surface area (Å²) in [6.45, 7) is 3.76. The lowest BCUT2D eigenvalue weighted by molar-refractivity contribution is 0.102. The lowest BCUT2D eigenvalue weighted by Gasteiger charge is -2.09. The Morgan fingerprint density at radius 1 is 1.06 bits per heavy atom. The van der Waals surface area contributed by atoms with Crippen molar-refractivity contribution >= 4 is 27.5 Å². The molecule has 1 N–H and O–H groups in total. The Kier molecular flexibility index (Phi) is 6.32. The molecule has 0 unspecified atom stereocenters. The molecule has 4 aromatic rings. The van der Waals surface area contributed by atoms with Gasteiger partial charge in [0.25, 0.3) is 5.91 Å². The molecule has 8 heteroatoms. The molecule has 0 fully saturated rings. The van der Waals surface area contributed by atoms with Crippen molar-refractivity contribution in [1.29, 1.82) is 0 Å². The van der Waals surface area contributed by atoms with Crippen molar-refractivity contribution in [2.75, 3.05) is 5.32 Å². The zero-order chi connectivity index (χ0) is 22.7. The molecule has 0 aliphatic carbocycles. The van der Waals surface area contributed by atoms with E-state index in [2.05, 4.69) is 31.3 Å². The molecule has 0 aliphatic heterocycles. The fourth-order valence-electron chi connectivity index (χ4n) is 3.04. The molecule has 0 spiro atoms. The molecule has 0 atom stereocenters. The Labute approximate surface area is 193 Å². The van der Waals surface area contributed by atoms with E-state index in [0.717, 1.165) is 4.47 Å². The molecule has 1 amide bonds. The number of halogens is 2. The van der Waals surface area contributed by atoms with Gasteiger partial charge in [0.05, 0.1) is 11.8 Å². The van der Waals surface area contributed by atoms with E-state index >= 15 is 0 Å². The highest BCUT2D eigenvalue weighted by Crippen LogP contribution is 2.25. The number of carbonyl (C=O) groups is 1. The highest BCUT2D eigenvalue weighted by Gasteiger charge is 2.16. The van der Waals surface area contributed by atoms with Gasteiger partial charge in [-0.05, 0) is 74.5 Å². The van der Waals surface area contributed by atoms with Crippen LogP contribution in [0.25, 0.3) is 17.1 Å².